The monoisotopic (exact) mass is 486 g/mol. The Kier molecular flexibility index (Phi) is 6.95. The van der Waals surface area contributed by atoms with Gasteiger partial charge in [-0.1, -0.05) is 24.3 Å². The van der Waals surface area contributed by atoms with Gasteiger partial charge in [-0.25, -0.2) is 0 Å². The smallest absolute Gasteiger partial charge is 0.261 e. The molecule has 8 nitrogen and oxygen atoms in total. The topological polar surface area (TPSA) is 94.2 Å². The molecule has 36 heavy (non-hydrogen) atoms. The third kappa shape index (κ3) is 5.39. The number of benzene rings is 3. The first-order valence-corrected chi connectivity index (χ1v) is 11.9. The molecule has 0 radical (unpaired) electrons. The van der Waals surface area contributed by atoms with Crippen molar-refractivity contribution in [3.63, 3.8) is 0 Å². The fourth-order valence-corrected chi connectivity index (χ4v) is 4.27. The normalized spacial score (nSPS) is 16.7. The highest BCUT2D eigenvalue weighted by Gasteiger charge is 2.37. The van der Waals surface area contributed by atoms with Gasteiger partial charge in [0.2, 0.25) is 5.91 Å². The Bertz CT molecular complexity index is 1270. The van der Waals surface area contributed by atoms with E-state index in [4.69, 9.17) is 14.2 Å². The first-order valence-electron chi connectivity index (χ1n) is 11.9. The number of anilines is 1. The Morgan fingerprint density at radius 3 is 2.50 bits per heavy atom. The van der Waals surface area contributed by atoms with Gasteiger partial charge in [-0.05, 0) is 55.3 Å². The molecule has 8 heteroatoms. The number of ether oxygens (including phenoxy) is 3. The fraction of sp³-hybridized carbons (Fsp3) is 0.250. The largest absolute Gasteiger partial charge is 0.493 e. The highest BCUT2D eigenvalue weighted by molar-refractivity contribution is 6.21. The molecule has 5 rings (SSSR count). The average molecular weight is 487 g/mol. The van der Waals surface area contributed by atoms with Gasteiger partial charge in [0.05, 0.1) is 36.8 Å². The van der Waals surface area contributed by atoms with Gasteiger partial charge in [0.15, 0.2) is 0 Å². The van der Waals surface area contributed by atoms with Crippen molar-refractivity contribution in [1.82, 2.24) is 4.90 Å². The zero-order valence-corrected chi connectivity index (χ0v) is 19.6. The molecule has 0 aliphatic carbocycles. The number of rotatable bonds is 9. The molecule has 0 saturated carbocycles. The van der Waals surface area contributed by atoms with Crippen molar-refractivity contribution in [2.24, 2.45) is 0 Å². The van der Waals surface area contributed by atoms with Gasteiger partial charge in [-0.15, -0.1) is 0 Å². The van der Waals surface area contributed by atoms with E-state index in [0.717, 1.165) is 12.8 Å². The van der Waals surface area contributed by atoms with Crippen molar-refractivity contribution in [3.05, 3.63) is 83.9 Å². The summed E-state index contributed by atoms with van der Waals surface area (Å²) in [6, 6.07) is 21.1. The Labute approximate surface area is 208 Å². The third-order valence-electron chi connectivity index (χ3n) is 6.05. The number of carbonyl (C=O) groups is 3. The molecule has 184 valence electrons. The van der Waals surface area contributed by atoms with Gasteiger partial charge in [0, 0.05) is 18.4 Å². The maximum absolute atomic E-state index is 12.9. The van der Waals surface area contributed by atoms with Crippen LogP contribution in [0, 0.1) is 0 Å². The number of hydrogen-bond donors (Lipinski definition) is 1. The summed E-state index contributed by atoms with van der Waals surface area (Å²) < 4.78 is 17.1. The van der Waals surface area contributed by atoms with Gasteiger partial charge in [0.1, 0.15) is 17.2 Å². The molecular weight excluding hydrogens is 460 g/mol. The molecule has 1 unspecified atom stereocenters. The number of fused-ring (bicyclic) bond motifs is 1. The summed E-state index contributed by atoms with van der Waals surface area (Å²) in [7, 11) is 0. The lowest BCUT2D eigenvalue weighted by atomic mass is 10.1. The molecule has 2 aliphatic rings. The fourth-order valence-electron chi connectivity index (χ4n) is 4.27. The number of carbonyl (C=O) groups excluding carboxylic acids is 3. The summed E-state index contributed by atoms with van der Waals surface area (Å²) in [6.45, 7) is 1.19. The molecule has 0 aromatic heterocycles. The molecule has 3 aromatic rings. The molecule has 0 bridgehead atoms. The van der Waals surface area contributed by atoms with Crippen LogP contribution < -0.4 is 14.8 Å². The predicted octanol–water partition coefficient (Wildman–Crippen LogP) is 4.66. The van der Waals surface area contributed by atoms with Crippen molar-refractivity contribution in [2.75, 3.05) is 25.1 Å². The van der Waals surface area contributed by atoms with Crippen LogP contribution >= 0.6 is 0 Å². The quantitative estimate of drug-likeness (QED) is 0.442. The number of amides is 3. The summed E-state index contributed by atoms with van der Waals surface area (Å²) in [6.07, 6.45) is 1.87. The van der Waals surface area contributed by atoms with Gasteiger partial charge in [-0.2, -0.15) is 0 Å². The van der Waals surface area contributed by atoms with Crippen LogP contribution in [0.15, 0.2) is 72.8 Å². The van der Waals surface area contributed by atoms with Crippen LogP contribution in [0.4, 0.5) is 5.69 Å². The molecule has 1 saturated heterocycles. The molecule has 0 spiro atoms. The maximum Gasteiger partial charge on any atom is 0.261 e. The molecule has 2 heterocycles. The second-order valence-electron chi connectivity index (χ2n) is 8.65. The molecule has 2 aliphatic heterocycles. The number of hydrogen-bond acceptors (Lipinski definition) is 6. The van der Waals surface area contributed by atoms with Crippen molar-refractivity contribution < 1.29 is 28.6 Å². The lowest BCUT2D eigenvalue weighted by Gasteiger charge is -2.17. The van der Waals surface area contributed by atoms with E-state index in [1.807, 2.05) is 30.3 Å². The van der Waals surface area contributed by atoms with E-state index in [0.29, 0.717) is 40.7 Å². The second-order valence-corrected chi connectivity index (χ2v) is 8.65. The molecule has 1 atom stereocenters. The number of nitrogens with one attached hydrogen (secondary N) is 1. The predicted molar refractivity (Wildman–Crippen MR) is 132 cm³/mol. The lowest BCUT2D eigenvalue weighted by molar-refractivity contribution is -0.116. The highest BCUT2D eigenvalue weighted by atomic mass is 16.5. The molecular formula is C28H26N2O6. The van der Waals surface area contributed by atoms with Gasteiger partial charge < -0.3 is 19.5 Å². The number of imide groups is 1. The van der Waals surface area contributed by atoms with Crippen molar-refractivity contribution in [3.8, 4) is 17.2 Å². The van der Waals surface area contributed by atoms with Crippen LogP contribution in [-0.4, -0.2) is 48.5 Å². The standard InChI is InChI=1S/C28H26N2O6/c31-26(13-15-35-20-7-2-1-3-8-20)29-19-6-4-9-21(16-19)36-22-11-12-24-25(17-22)28(33)30(27(24)32)18-23-10-5-14-34-23/h1-4,6-9,11-12,16-17,23H,5,10,13-15,18H2,(H,29,31). The van der Waals surface area contributed by atoms with Crippen LogP contribution in [0.25, 0.3) is 0 Å². The van der Waals surface area contributed by atoms with E-state index in [1.165, 1.54) is 4.90 Å². The van der Waals surface area contributed by atoms with E-state index < -0.39 is 0 Å². The second kappa shape index (κ2) is 10.6. The van der Waals surface area contributed by atoms with Crippen molar-refractivity contribution >= 4 is 23.4 Å². The average Bonchev–Trinajstić information content (AvgIpc) is 3.48. The van der Waals surface area contributed by atoms with E-state index in [1.54, 1.807) is 42.5 Å². The summed E-state index contributed by atoms with van der Waals surface area (Å²) in [4.78, 5) is 39.2. The van der Waals surface area contributed by atoms with Gasteiger partial charge in [-0.3, -0.25) is 19.3 Å². The Morgan fingerprint density at radius 2 is 1.69 bits per heavy atom. The van der Waals surface area contributed by atoms with Crippen LogP contribution in [-0.2, 0) is 9.53 Å². The minimum atomic E-state index is -0.338. The van der Waals surface area contributed by atoms with Crippen LogP contribution in [0.5, 0.6) is 17.2 Å². The van der Waals surface area contributed by atoms with Gasteiger partial charge in [0.25, 0.3) is 11.8 Å². The van der Waals surface area contributed by atoms with Crippen molar-refractivity contribution in [1.29, 1.82) is 0 Å². The summed E-state index contributed by atoms with van der Waals surface area (Å²) >= 11 is 0. The van der Waals surface area contributed by atoms with Gasteiger partial charge >= 0.3 is 0 Å². The van der Waals surface area contributed by atoms with Crippen molar-refractivity contribution in [2.45, 2.75) is 25.4 Å². The molecule has 3 amide bonds. The molecule has 1 N–H and O–H groups in total. The van der Waals surface area contributed by atoms with E-state index in [2.05, 4.69) is 5.32 Å². The number of para-hydroxylation sites is 1. The van der Waals surface area contributed by atoms with Crippen LogP contribution in [0.1, 0.15) is 40.0 Å². The van der Waals surface area contributed by atoms with E-state index >= 15 is 0 Å². The zero-order valence-electron chi connectivity index (χ0n) is 19.6. The Balaban J connectivity index is 1.19. The first-order chi connectivity index (χ1) is 17.6. The molecule has 1 fully saturated rings. The maximum atomic E-state index is 12.9. The summed E-state index contributed by atoms with van der Waals surface area (Å²) in [5.41, 5.74) is 1.26. The highest BCUT2D eigenvalue weighted by Crippen LogP contribution is 2.31. The minimum Gasteiger partial charge on any atom is -0.493 e. The van der Waals surface area contributed by atoms with Crippen LogP contribution in [0.3, 0.4) is 0 Å². The Hall–Kier alpha value is -4.17. The van der Waals surface area contributed by atoms with E-state index in [9.17, 15) is 14.4 Å². The number of nitrogens with zero attached hydrogens (tertiary/aromatic N) is 1. The van der Waals surface area contributed by atoms with Crippen LogP contribution in [0.2, 0.25) is 0 Å². The summed E-state index contributed by atoms with van der Waals surface area (Å²) in [5, 5.41) is 2.83. The Morgan fingerprint density at radius 1 is 0.917 bits per heavy atom. The molecule has 3 aromatic carbocycles. The SMILES string of the molecule is O=C(CCOc1ccccc1)Nc1cccc(Oc2ccc3c(c2)C(=O)N(CC2CCCO2)C3=O)c1. The summed E-state index contributed by atoms with van der Waals surface area (Å²) in [5.74, 6) is 0.795. The van der Waals surface area contributed by atoms with E-state index in [-0.39, 0.29) is 43.4 Å². The third-order valence-corrected chi connectivity index (χ3v) is 6.05. The zero-order chi connectivity index (χ0) is 24.9. The lowest BCUT2D eigenvalue weighted by Crippen LogP contribution is -2.36. The minimum absolute atomic E-state index is 0.106. The first kappa shape index (κ1) is 23.6.